The van der Waals surface area contributed by atoms with Gasteiger partial charge in [-0.2, -0.15) is 0 Å². The Morgan fingerprint density at radius 2 is 2.27 bits per heavy atom. The largest absolute Gasteiger partial charge is 0.477 e. The van der Waals surface area contributed by atoms with Gasteiger partial charge in [-0.25, -0.2) is 4.98 Å². The first-order valence-electron chi connectivity index (χ1n) is 5.48. The molecule has 2 heterocycles. The fourth-order valence-corrected chi connectivity index (χ4v) is 1.70. The third-order valence-corrected chi connectivity index (χ3v) is 2.70. The predicted octanol–water partition coefficient (Wildman–Crippen LogP) is 2.20. The van der Waals surface area contributed by atoms with Crippen molar-refractivity contribution in [3.05, 3.63) is 23.9 Å². The minimum Gasteiger partial charge on any atom is -0.477 e. The summed E-state index contributed by atoms with van der Waals surface area (Å²) in [5, 5.41) is 0. The molecule has 3 heteroatoms. The number of aromatic nitrogens is 1. The van der Waals surface area contributed by atoms with Gasteiger partial charge in [0.2, 0.25) is 5.88 Å². The first-order chi connectivity index (χ1) is 7.34. The van der Waals surface area contributed by atoms with E-state index in [2.05, 4.69) is 4.98 Å². The van der Waals surface area contributed by atoms with Crippen LogP contribution in [0, 0.1) is 12.8 Å². The fourth-order valence-electron chi connectivity index (χ4n) is 1.70. The van der Waals surface area contributed by atoms with Crippen molar-refractivity contribution in [1.29, 1.82) is 0 Å². The third-order valence-electron chi connectivity index (χ3n) is 2.70. The van der Waals surface area contributed by atoms with Gasteiger partial charge >= 0.3 is 0 Å². The van der Waals surface area contributed by atoms with Gasteiger partial charge in [0.05, 0.1) is 6.61 Å². The normalized spacial score (nSPS) is 17.7. The predicted molar refractivity (Wildman–Crippen MR) is 58.0 cm³/mol. The third kappa shape index (κ3) is 3.20. The van der Waals surface area contributed by atoms with Crippen LogP contribution in [0.4, 0.5) is 0 Å². The van der Waals surface area contributed by atoms with Gasteiger partial charge < -0.3 is 9.47 Å². The number of rotatable bonds is 3. The van der Waals surface area contributed by atoms with Crippen LogP contribution < -0.4 is 4.74 Å². The first kappa shape index (κ1) is 10.4. The highest BCUT2D eigenvalue weighted by Gasteiger charge is 2.14. The lowest BCUT2D eigenvalue weighted by Gasteiger charge is -2.21. The zero-order valence-electron chi connectivity index (χ0n) is 9.11. The average molecular weight is 207 g/mol. The molecule has 1 fully saturated rings. The molecule has 0 bridgehead atoms. The van der Waals surface area contributed by atoms with Crippen LogP contribution in [0.2, 0.25) is 0 Å². The maximum absolute atomic E-state index is 5.66. The molecule has 15 heavy (non-hydrogen) atoms. The van der Waals surface area contributed by atoms with Crippen molar-refractivity contribution in [1.82, 2.24) is 4.98 Å². The van der Waals surface area contributed by atoms with Crippen molar-refractivity contribution in [3.8, 4) is 5.88 Å². The summed E-state index contributed by atoms with van der Waals surface area (Å²) in [4.78, 5) is 4.17. The maximum atomic E-state index is 5.66. The smallest absolute Gasteiger partial charge is 0.213 e. The quantitative estimate of drug-likeness (QED) is 0.761. The highest BCUT2D eigenvalue weighted by Crippen LogP contribution is 2.16. The molecule has 0 aliphatic carbocycles. The molecule has 1 saturated heterocycles. The van der Waals surface area contributed by atoms with Gasteiger partial charge in [0, 0.05) is 25.5 Å². The standard InChI is InChI=1S/C12H17NO2/c1-10-2-5-13-12(8-10)15-9-11-3-6-14-7-4-11/h2,5,8,11H,3-4,6-7,9H2,1H3. The summed E-state index contributed by atoms with van der Waals surface area (Å²) in [5.41, 5.74) is 1.19. The zero-order chi connectivity index (χ0) is 10.5. The first-order valence-corrected chi connectivity index (χ1v) is 5.48. The van der Waals surface area contributed by atoms with Crippen LogP contribution in [0.1, 0.15) is 18.4 Å². The minimum atomic E-state index is 0.626. The van der Waals surface area contributed by atoms with Gasteiger partial charge in [0.15, 0.2) is 0 Å². The number of aryl methyl sites for hydroxylation is 1. The molecular formula is C12H17NO2. The molecule has 1 aromatic heterocycles. The molecular weight excluding hydrogens is 190 g/mol. The van der Waals surface area contributed by atoms with Crippen LogP contribution in [-0.4, -0.2) is 24.8 Å². The van der Waals surface area contributed by atoms with Gasteiger partial charge in [-0.15, -0.1) is 0 Å². The van der Waals surface area contributed by atoms with Gasteiger partial charge in [-0.1, -0.05) is 0 Å². The molecule has 0 unspecified atom stereocenters. The van der Waals surface area contributed by atoms with Crippen molar-refractivity contribution in [2.45, 2.75) is 19.8 Å². The number of nitrogens with zero attached hydrogens (tertiary/aromatic N) is 1. The van der Waals surface area contributed by atoms with E-state index in [0.29, 0.717) is 5.92 Å². The molecule has 82 valence electrons. The molecule has 1 aliphatic heterocycles. The highest BCUT2D eigenvalue weighted by molar-refractivity contribution is 5.18. The summed E-state index contributed by atoms with van der Waals surface area (Å²) in [7, 11) is 0. The Morgan fingerprint density at radius 3 is 3.00 bits per heavy atom. The van der Waals surface area contributed by atoms with E-state index in [1.807, 2.05) is 19.1 Å². The van der Waals surface area contributed by atoms with Gasteiger partial charge in [-0.05, 0) is 37.3 Å². The van der Waals surface area contributed by atoms with Gasteiger partial charge in [-0.3, -0.25) is 0 Å². The molecule has 1 aromatic rings. The van der Waals surface area contributed by atoms with Crippen molar-refractivity contribution >= 4 is 0 Å². The monoisotopic (exact) mass is 207 g/mol. The molecule has 1 aliphatic rings. The van der Waals surface area contributed by atoms with E-state index < -0.39 is 0 Å². The van der Waals surface area contributed by atoms with Crippen LogP contribution >= 0.6 is 0 Å². The second-order valence-corrected chi connectivity index (χ2v) is 4.04. The summed E-state index contributed by atoms with van der Waals surface area (Å²) in [6.45, 7) is 4.55. The number of hydrogen-bond acceptors (Lipinski definition) is 3. The van der Waals surface area contributed by atoms with Crippen LogP contribution in [0.3, 0.4) is 0 Å². The van der Waals surface area contributed by atoms with Crippen molar-refractivity contribution in [3.63, 3.8) is 0 Å². The molecule has 0 aromatic carbocycles. The number of hydrogen-bond donors (Lipinski definition) is 0. The lowest BCUT2D eigenvalue weighted by Crippen LogP contribution is -2.21. The molecule has 0 radical (unpaired) electrons. The molecule has 0 saturated carbocycles. The van der Waals surface area contributed by atoms with E-state index in [4.69, 9.17) is 9.47 Å². The molecule has 0 N–H and O–H groups in total. The molecule has 3 nitrogen and oxygen atoms in total. The fraction of sp³-hybridized carbons (Fsp3) is 0.583. The molecule has 0 amide bonds. The van der Waals surface area contributed by atoms with Gasteiger partial charge in [0.1, 0.15) is 0 Å². The Labute approximate surface area is 90.4 Å². The topological polar surface area (TPSA) is 31.4 Å². The lowest BCUT2D eigenvalue weighted by atomic mass is 10.0. The molecule has 0 spiro atoms. The highest BCUT2D eigenvalue weighted by atomic mass is 16.5. The Bertz CT molecular complexity index is 308. The average Bonchev–Trinajstić information content (AvgIpc) is 2.28. The summed E-state index contributed by atoms with van der Waals surface area (Å²) < 4.78 is 11.0. The second kappa shape index (κ2) is 5.12. The van der Waals surface area contributed by atoms with Crippen LogP contribution in [0.15, 0.2) is 18.3 Å². The van der Waals surface area contributed by atoms with E-state index >= 15 is 0 Å². The van der Waals surface area contributed by atoms with Crippen LogP contribution in [-0.2, 0) is 4.74 Å². The summed E-state index contributed by atoms with van der Waals surface area (Å²) >= 11 is 0. The van der Waals surface area contributed by atoms with Crippen LogP contribution in [0.5, 0.6) is 5.88 Å². The second-order valence-electron chi connectivity index (χ2n) is 4.04. The molecule has 0 atom stereocenters. The van der Waals surface area contributed by atoms with E-state index in [1.165, 1.54) is 5.56 Å². The number of ether oxygens (including phenoxy) is 2. The Balaban J connectivity index is 1.81. The van der Waals surface area contributed by atoms with E-state index in [-0.39, 0.29) is 0 Å². The van der Waals surface area contributed by atoms with Gasteiger partial charge in [0.25, 0.3) is 0 Å². The summed E-state index contributed by atoms with van der Waals surface area (Å²) in [6.07, 6.45) is 3.99. The lowest BCUT2D eigenvalue weighted by molar-refractivity contribution is 0.0490. The minimum absolute atomic E-state index is 0.626. The Kier molecular flexibility index (Phi) is 3.56. The van der Waals surface area contributed by atoms with Crippen LogP contribution in [0.25, 0.3) is 0 Å². The van der Waals surface area contributed by atoms with E-state index in [0.717, 1.165) is 38.5 Å². The SMILES string of the molecule is Cc1ccnc(OCC2CCOCC2)c1. The molecule has 2 rings (SSSR count). The van der Waals surface area contributed by atoms with Crippen molar-refractivity contribution in [2.24, 2.45) is 5.92 Å². The Morgan fingerprint density at radius 1 is 1.47 bits per heavy atom. The van der Waals surface area contributed by atoms with Crippen molar-refractivity contribution in [2.75, 3.05) is 19.8 Å². The Hall–Kier alpha value is -1.09. The summed E-state index contributed by atoms with van der Waals surface area (Å²) in [5.74, 6) is 1.36. The van der Waals surface area contributed by atoms with E-state index in [1.54, 1.807) is 6.20 Å². The van der Waals surface area contributed by atoms with Crippen molar-refractivity contribution < 1.29 is 9.47 Å². The van der Waals surface area contributed by atoms with E-state index in [9.17, 15) is 0 Å². The maximum Gasteiger partial charge on any atom is 0.213 e. The zero-order valence-corrected chi connectivity index (χ0v) is 9.11. The summed E-state index contributed by atoms with van der Waals surface area (Å²) in [6, 6.07) is 3.95. The number of pyridine rings is 1.